The first-order valence-electron chi connectivity index (χ1n) is 12.4. The van der Waals surface area contributed by atoms with E-state index < -0.39 is 136 Å². The first-order chi connectivity index (χ1) is 19.3. The zero-order chi connectivity index (χ0) is 30.6. The Balaban J connectivity index is 0.00000616. The van der Waals surface area contributed by atoms with E-state index in [1.807, 2.05) is 0 Å². The van der Waals surface area contributed by atoms with Gasteiger partial charge >= 0.3 is 88.7 Å². The van der Waals surface area contributed by atoms with Crippen molar-refractivity contribution in [3.63, 3.8) is 0 Å². The second kappa shape index (κ2) is 19.8. The summed E-state index contributed by atoms with van der Waals surface area (Å²) in [4.78, 5) is 34.6. The van der Waals surface area contributed by atoms with Crippen LogP contribution in [0, 0.1) is 0 Å². The van der Waals surface area contributed by atoms with Crippen molar-refractivity contribution in [2.24, 2.45) is 0 Å². The number of rotatable bonds is 15. The predicted molar refractivity (Wildman–Crippen MR) is 114 cm³/mol. The van der Waals surface area contributed by atoms with E-state index in [-0.39, 0.29) is 88.7 Å². The number of carbonyl (C=O) groups excluding carboxylic acids is 3. The average Bonchev–Trinajstić information content (AvgIpc) is 3.49. The number of carboxylic acid groups (broad SMARTS) is 3. The quantitative estimate of drug-likeness (QED) is 0.0796. The molecule has 0 saturated carbocycles. The molecule has 0 spiro atoms. The SMILES string of the molecule is O=C([O-])CCC(CC(=O)[O-])(O[C@H]1O[C@H](CO)[C@@H](O[C@H]2O[C@H](CO)[C@@H](O)[C@H]2O)[C@H]1O[C@H]1O[C@H](CO)[C@@H](O)[C@H]1O)C(=O)[O-].[Na+].[Na+].[Na+]. The van der Waals surface area contributed by atoms with Crippen LogP contribution < -0.4 is 104 Å². The molecule has 0 aliphatic carbocycles. The Morgan fingerprint density at radius 2 is 1.07 bits per heavy atom. The summed E-state index contributed by atoms with van der Waals surface area (Å²) in [6.07, 6.45) is -23.7. The van der Waals surface area contributed by atoms with Crippen LogP contribution in [0.4, 0.5) is 0 Å². The maximum atomic E-state index is 12.1. The molecule has 3 aliphatic heterocycles. The minimum atomic E-state index is -2.94. The van der Waals surface area contributed by atoms with Crippen molar-refractivity contribution in [1.82, 2.24) is 0 Å². The fraction of sp³-hybridized carbons (Fsp3) is 0.864. The topological polar surface area (TPSA) is 317 Å². The summed E-state index contributed by atoms with van der Waals surface area (Å²) >= 11 is 0. The molecule has 0 aromatic heterocycles. The number of carboxylic acids is 3. The number of hydrogen-bond donors (Lipinski definition) is 7. The van der Waals surface area contributed by atoms with Crippen molar-refractivity contribution < 1.29 is 183 Å². The van der Waals surface area contributed by atoms with Crippen LogP contribution in [0.1, 0.15) is 19.3 Å². The smallest absolute Gasteiger partial charge is 0.550 e. The summed E-state index contributed by atoms with van der Waals surface area (Å²) in [6, 6.07) is 0. The molecule has 7 N–H and O–H groups in total. The molecule has 3 heterocycles. The summed E-state index contributed by atoms with van der Waals surface area (Å²) in [5.41, 5.74) is -2.94. The summed E-state index contributed by atoms with van der Waals surface area (Å²) in [5, 5.41) is 104. The molecule has 3 rings (SSSR count). The third kappa shape index (κ3) is 10.4. The second-order valence-electron chi connectivity index (χ2n) is 9.66. The minimum absolute atomic E-state index is 0. The van der Waals surface area contributed by atoms with Crippen LogP contribution in [0.25, 0.3) is 0 Å². The van der Waals surface area contributed by atoms with E-state index in [0.29, 0.717) is 0 Å². The zero-order valence-corrected chi connectivity index (χ0v) is 30.2. The molecule has 0 radical (unpaired) electrons. The van der Waals surface area contributed by atoms with Crippen molar-refractivity contribution in [2.45, 2.75) is 98.7 Å². The normalized spacial score (nSPS) is 37.7. The van der Waals surface area contributed by atoms with Gasteiger partial charge in [0.2, 0.25) is 0 Å². The van der Waals surface area contributed by atoms with Gasteiger partial charge in [-0.25, -0.2) is 0 Å². The van der Waals surface area contributed by atoms with Crippen molar-refractivity contribution in [1.29, 1.82) is 0 Å². The first-order valence-corrected chi connectivity index (χ1v) is 12.4. The molecule has 3 fully saturated rings. The Labute approximate surface area is 316 Å². The number of aliphatic carboxylic acids is 3. The molecule has 19 nitrogen and oxygen atoms in total. The van der Waals surface area contributed by atoms with Crippen molar-refractivity contribution >= 4 is 17.9 Å². The Morgan fingerprint density at radius 1 is 0.636 bits per heavy atom. The number of ether oxygens (including phenoxy) is 6. The molecule has 13 atom stereocenters. The van der Waals surface area contributed by atoms with Crippen LogP contribution in [0.15, 0.2) is 0 Å². The van der Waals surface area contributed by atoms with Gasteiger partial charge in [0.15, 0.2) is 18.9 Å². The molecular weight excluding hydrogens is 637 g/mol. The van der Waals surface area contributed by atoms with E-state index in [2.05, 4.69) is 0 Å². The average molecular weight is 668 g/mol. The molecule has 44 heavy (non-hydrogen) atoms. The van der Waals surface area contributed by atoms with E-state index >= 15 is 0 Å². The fourth-order valence-electron chi connectivity index (χ4n) is 4.68. The van der Waals surface area contributed by atoms with E-state index in [4.69, 9.17) is 28.4 Å². The van der Waals surface area contributed by atoms with Gasteiger partial charge in [-0.2, -0.15) is 0 Å². The zero-order valence-electron chi connectivity index (χ0n) is 24.2. The third-order valence-electron chi connectivity index (χ3n) is 6.90. The van der Waals surface area contributed by atoms with Crippen molar-refractivity contribution in [3.8, 4) is 0 Å². The van der Waals surface area contributed by atoms with Crippen LogP contribution in [-0.4, -0.2) is 153 Å². The molecule has 3 saturated heterocycles. The molecule has 3 aliphatic rings. The molecule has 1 unspecified atom stereocenters. The van der Waals surface area contributed by atoms with Gasteiger partial charge in [0, 0.05) is 18.4 Å². The third-order valence-corrected chi connectivity index (χ3v) is 6.90. The van der Waals surface area contributed by atoms with Crippen LogP contribution in [0.5, 0.6) is 0 Å². The van der Waals surface area contributed by atoms with E-state index in [1.165, 1.54) is 0 Å². The van der Waals surface area contributed by atoms with Crippen LogP contribution in [-0.2, 0) is 42.8 Å². The Bertz CT molecular complexity index is 933. The number of aliphatic hydroxyl groups is 7. The van der Waals surface area contributed by atoms with Crippen molar-refractivity contribution in [3.05, 3.63) is 0 Å². The number of hydrogen-bond acceptors (Lipinski definition) is 19. The second-order valence-corrected chi connectivity index (χ2v) is 9.66. The first kappa shape index (κ1) is 44.9. The van der Waals surface area contributed by atoms with Gasteiger partial charge in [0.1, 0.15) is 60.5 Å². The number of aliphatic hydroxyl groups excluding tert-OH is 7. The molecule has 22 heteroatoms. The maximum absolute atomic E-state index is 12.1. The fourth-order valence-corrected chi connectivity index (χ4v) is 4.68. The molecule has 236 valence electrons. The van der Waals surface area contributed by atoms with Gasteiger partial charge in [-0.15, -0.1) is 0 Å². The Kier molecular flexibility index (Phi) is 20.2. The Hall–Kier alpha value is 0.890. The predicted octanol–water partition coefficient (Wildman–Crippen LogP) is -18.5. The standard InChI is InChI=1S/C22H34O19.3Na/c23-4-7-12(30)14(32)18(36-7)39-16-9(6-25)38-20(17(16)40-19-15(33)13(31)8(5-24)37-19)41-22(21(34)35,3-11(28)29)2-1-10(26)27;;;/h7-9,12-20,23-25,30-33H,1-6H2,(H,26,27)(H,28,29)(H,34,35);;;/q;3*+1/p-3/t7-,8-,9-,12-,13-,14-,15-,16-,17-,18-,19-,20-,22?;;;/m1.../s1. The van der Waals surface area contributed by atoms with Gasteiger partial charge in [0.05, 0.1) is 25.8 Å². The molecular formula is C22H31Na3O19. The minimum Gasteiger partial charge on any atom is -0.550 e. The summed E-state index contributed by atoms with van der Waals surface area (Å²) < 4.78 is 32.7. The van der Waals surface area contributed by atoms with E-state index in [1.54, 1.807) is 0 Å². The van der Waals surface area contributed by atoms with Gasteiger partial charge < -0.3 is 93.9 Å². The van der Waals surface area contributed by atoms with E-state index in [0.717, 1.165) is 0 Å². The summed E-state index contributed by atoms with van der Waals surface area (Å²) in [6.45, 7) is -2.44. The van der Waals surface area contributed by atoms with Crippen LogP contribution in [0.2, 0.25) is 0 Å². The molecule has 0 bridgehead atoms. The van der Waals surface area contributed by atoms with E-state index in [9.17, 15) is 65.4 Å². The monoisotopic (exact) mass is 668 g/mol. The van der Waals surface area contributed by atoms with Crippen LogP contribution >= 0.6 is 0 Å². The maximum Gasteiger partial charge on any atom is 1.00 e. The van der Waals surface area contributed by atoms with Gasteiger partial charge in [-0.3, -0.25) is 0 Å². The molecule has 0 aromatic carbocycles. The molecule has 0 amide bonds. The largest absolute Gasteiger partial charge is 1.00 e. The molecule has 0 aromatic rings. The van der Waals surface area contributed by atoms with Gasteiger partial charge in [-0.1, -0.05) is 0 Å². The van der Waals surface area contributed by atoms with Crippen LogP contribution in [0.3, 0.4) is 0 Å². The van der Waals surface area contributed by atoms with Gasteiger partial charge in [-0.05, 0) is 12.8 Å². The number of carbonyl (C=O) groups is 3. The van der Waals surface area contributed by atoms with Gasteiger partial charge in [0.25, 0.3) is 0 Å². The Morgan fingerprint density at radius 3 is 1.43 bits per heavy atom. The van der Waals surface area contributed by atoms with Crippen molar-refractivity contribution in [2.75, 3.05) is 19.8 Å². The summed E-state index contributed by atoms with van der Waals surface area (Å²) in [7, 11) is 0. The summed E-state index contributed by atoms with van der Waals surface area (Å²) in [5.74, 6) is -5.97.